The number of rotatable bonds is 9. The number of amides is 1. The zero-order valence-electron chi connectivity index (χ0n) is 26.5. The Labute approximate surface area is 290 Å². The van der Waals surface area contributed by atoms with E-state index in [0.29, 0.717) is 37.5 Å². The highest BCUT2D eigenvalue weighted by Crippen LogP contribution is 2.43. The number of esters is 1. The van der Waals surface area contributed by atoms with Crippen molar-refractivity contribution in [3.63, 3.8) is 0 Å². The summed E-state index contributed by atoms with van der Waals surface area (Å²) in [7, 11) is 0. The third-order valence-electron chi connectivity index (χ3n) is 8.40. The number of hydrogen-bond acceptors (Lipinski definition) is 8. The quantitative estimate of drug-likeness (QED) is 0.0925. The lowest BCUT2D eigenvalue weighted by atomic mass is 9.88. The maximum atomic E-state index is 14.4. The number of fused-ring (bicyclic) bond motifs is 2. The molecule has 6 aromatic rings. The largest absolute Gasteiger partial charge is 0.462 e. The number of thiophene rings is 2. The van der Waals surface area contributed by atoms with Crippen molar-refractivity contribution < 1.29 is 14.3 Å². The van der Waals surface area contributed by atoms with Crippen LogP contribution in [0.1, 0.15) is 51.9 Å². The van der Waals surface area contributed by atoms with Crippen molar-refractivity contribution in [2.75, 3.05) is 11.9 Å². The Bertz CT molecular complexity index is 2160. The van der Waals surface area contributed by atoms with Crippen LogP contribution in [0.2, 0.25) is 0 Å². The monoisotopic (exact) mass is 691 g/mol. The van der Waals surface area contributed by atoms with Crippen molar-refractivity contribution in [2.24, 2.45) is 5.92 Å². The van der Waals surface area contributed by atoms with Crippen molar-refractivity contribution in [3.05, 3.63) is 129 Å². The second kappa shape index (κ2) is 13.9. The van der Waals surface area contributed by atoms with Crippen molar-refractivity contribution in [1.82, 2.24) is 9.55 Å². The van der Waals surface area contributed by atoms with Gasteiger partial charge in [-0.15, -0.1) is 22.7 Å². The molecule has 242 valence electrons. The molecule has 0 saturated carbocycles. The number of anilines is 1. The maximum absolute atomic E-state index is 14.4. The van der Waals surface area contributed by atoms with Crippen LogP contribution < -0.4 is 10.9 Å². The van der Waals surface area contributed by atoms with E-state index in [9.17, 15) is 14.4 Å². The Balaban J connectivity index is 1.33. The summed E-state index contributed by atoms with van der Waals surface area (Å²) in [6.45, 7) is 4.24. The number of thioether (sulfide) groups is 1. The van der Waals surface area contributed by atoms with Gasteiger partial charge in [0.1, 0.15) is 15.1 Å². The third kappa shape index (κ3) is 6.35. The van der Waals surface area contributed by atoms with Crippen LogP contribution in [-0.2, 0) is 22.4 Å². The fourth-order valence-electron chi connectivity index (χ4n) is 6.03. The Morgan fingerprint density at radius 3 is 2.40 bits per heavy atom. The number of nitrogens with zero attached hydrogens (tertiary/aromatic N) is 2. The zero-order valence-corrected chi connectivity index (χ0v) is 28.9. The van der Waals surface area contributed by atoms with Crippen LogP contribution >= 0.6 is 34.4 Å². The highest BCUT2D eigenvalue weighted by molar-refractivity contribution is 8.00. The van der Waals surface area contributed by atoms with Gasteiger partial charge >= 0.3 is 5.97 Å². The van der Waals surface area contributed by atoms with Crippen LogP contribution in [-0.4, -0.2) is 28.0 Å². The molecule has 48 heavy (non-hydrogen) atoms. The molecule has 1 amide bonds. The first-order chi connectivity index (χ1) is 23.4. The minimum atomic E-state index is -0.785. The number of para-hydroxylation sites is 1. The van der Waals surface area contributed by atoms with Gasteiger partial charge in [-0.1, -0.05) is 97.5 Å². The highest BCUT2D eigenvalue weighted by Gasteiger charge is 2.32. The molecule has 1 N–H and O–H groups in total. The summed E-state index contributed by atoms with van der Waals surface area (Å²) >= 11 is 4.13. The Kier molecular flexibility index (Phi) is 9.30. The van der Waals surface area contributed by atoms with E-state index in [1.54, 1.807) is 11.5 Å². The first kappa shape index (κ1) is 32.1. The zero-order chi connectivity index (χ0) is 33.2. The minimum Gasteiger partial charge on any atom is -0.462 e. The van der Waals surface area contributed by atoms with E-state index in [2.05, 4.69) is 12.2 Å². The summed E-state index contributed by atoms with van der Waals surface area (Å²) in [6.07, 6.45) is 2.61. The van der Waals surface area contributed by atoms with Gasteiger partial charge in [0.2, 0.25) is 5.91 Å². The normalized spacial score (nSPS) is 14.8. The van der Waals surface area contributed by atoms with Crippen molar-refractivity contribution in [3.8, 4) is 16.1 Å². The summed E-state index contributed by atoms with van der Waals surface area (Å²) in [4.78, 5) is 49.6. The van der Waals surface area contributed by atoms with Gasteiger partial charge in [0.05, 0.1) is 23.2 Å². The van der Waals surface area contributed by atoms with E-state index >= 15 is 0 Å². The molecule has 3 aromatic carbocycles. The highest BCUT2D eigenvalue weighted by atomic mass is 32.2. The number of aromatic nitrogens is 2. The average molecular weight is 692 g/mol. The van der Waals surface area contributed by atoms with Gasteiger partial charge in [-0.05, 0) is 67.0 Å². The number of benzene rings is 3. The maximum Gasteiger partial charge on any atom is 0.341 e. The predicted octanol–water partition coefficient (Wildman–Crippen LogP) is 8.95. The molecule has 1 aliphatic carbocycles. The lowest BCUT2D eigenvalue weighted by Gasteiger charge is -2.19. The van der Waals surface area contributed by atoms with E-state index in [4.69, 9.17) is 9.72 Å². The summed E-state index contributed by atoms with van der Waals surface area (Å²) < 4.78 is 7.05. The van der Waals surface area contributed by atoms with Crippen molar-refractivity contribution in [2.45, 2.75) is 43.5 Å². The van der Waals surface area contributed by atoms with Crippen molar-refractivity contribution in [1.29, 1.82) is 0 Å². The summed E-state index contributed by atoms with van der Waals surface area (Å²) in [6, 6.07) is 30.7. The number of carbonyl (C=O) groups is 2. The fraction of sp³-hybridized carbons (Fsp3) is 0.211. The number of ether oxygens (including phenoxy) is 1. The first-order valence-electron chi connectivity index (χ1n) is 15.9. The lowest BCUT2D eigenvalue weighted by Crippen LogP contribution is -2.24. The summed E-state index contributed by atoms with van der Waals surface area (Å²) in [5.74, 6) is -0.230. The SMILES string of the molecule is CCOC(=O)c1c(NC(=O)[C@@H](Sc2nc3sc(-c4ccccc4)cc3c(=O)n2-c2ccccc2)c2ccccc2)sc2c1CC[C@H](C)C2. The third-order valence-corrected chi connectivity index (χ3v) is 11.9. The van der Waals surface area contributed by atoms with Gasteiger partial charge < -0.3 is 10.1 Å². The van der Waals surface area contributed by atoms with Crippen LogP contribution in [0.4, 0.5) is 5.00 Å². The van der Waals surface area contributed by atoms with Crippen LogP contribution in [0.25, 0.3) is 26.3 Å². The van der Waals surface area contributed by atoms with Gasteiger partial charge in [0, 0.05) is 9.75 Å². The number of carbonyl (C=O) groups excluding carboxylic acids is 2. The molecule has 0 aliphatic heterocycles. The van der Waals surface area contributed by atoms with Crippen LogP contribution in [0.5, 0.6) is 0 Å². The smallest absolute Gasteiger partial charge is 0.341 e. The van der Waals surface area contributed by atoms with E-state index in [-0.39, 0.29) is 18.1 Å². The van der Waals surface area contributed by atoms with Gasteiger partial charge in [-0.25, -0.2) is 9.78 Å². The first-order valence-corrected chi connectivity index (χ1v) is 18.4. The number of nitrogens with one attached hydrogen (secondary N) is 1. The van der Waals surface area contributed by atoms with Gasteiger partial charge in [0.15, 0.2) is 5.16 Å². The molecule has 0 radical (unpaired) electrons. The molecule has 7 nitrogen and oxygen atoms in total. The topological polar surface area (TPSA) is 90.3 Å². The van der Waals surface area contributed by atoms with Crippen LogP contribution in [0.3, 0.4) is 0 Å². The molecule has 0 spiro atoms. The molecule has 3 aromatic heterocycles. The molecular formula is C38H33N3O4S3. The summed E-state index contributed by atoms with van der Waals surface area (Å²) in [5.41, 5.74) is 3.65. The van der Waals surface area contributed by atoms with Crippen LogP contribution in [0, 0.1) is 5.92 Å². The van der Waals surface area contributed by atoms with Gasteiger partial charge in [-0.3, -0.25) is 14.2 Å². The Morgan fingerprint density at radius 2 is 1.69 bits per heavy atom. The molecule has 3 heterocycles. The van der Waals surface area contributed by atoms with Crippen LogP contribution in [0.15, 0.2) is 107 Å². The Morgan fingerprint density at radius 1 is 1.00 bits per heavy atom. The molecule has 0 bridgehead atoms. The molecule has 0 unspecified atom stereocenters. The molecule has 2 atom stereocenters. The van der Waals surface area contributed by atoms with E-state index in [1.807, 2.05) is 97.1 Å². The van der Waals surface area contributed by atoms with E-state index in [1.165, 1.54) is 34.4 Å². The van der Waals surface area contributed by atoms with Gasteiger partial charge in [-0.2, -0.15) is 0 Å². The molecular weight excluding hydrogens is 659 g/mol. The fourth-order valence-corrected chi connectivity index (χ4v) is 9.63. The average Bonchev–Trinajstić information content (AvgIpc) is 3.70. The van der Waals surface area contributed by atoms with Gasteiger partial charge in [0.25, 0.3) is 5.56 Å². The molecule has 10 heteroatoms. The second-order valence-corrected chi connectivity index (χ2v) is 14.9. The summed E-state index contributed by atoms with van der Waals surface area (Å²) in [5, 5.41) is 3.76. The number of hydrogen-bond donors (Lipinski definition) is 1. The Hall–Kier alpha value is -4.51. The molecule has 7 rings (SSSR count). The van der Waals surface area contributed by atoms with E-state index < -0.39 is 11.2 Å². The second-order valence-electron chi connectivity index (χ2n) is 11.7. The predicted molar refractivity (Wildman–Crippen MR) is 196 cm³/mol. The lowest BCUT2D eigenvalue weighted by molar-refractivity contribution is -0.115. The van der Waals surface area contributed by atoms with E-state index in [0.717, 1.165) is 45.7 Å². The van der Waals surface area contributed by atoms with Crippen molar-refractivity contribution >= 4 is 61.5 Å². The molecule has 0 fully saturated rings. The minimum absolute atomic E-state index is 0.205. The molecule has 1 aliphatic rings. The molecule has 0 saturated heterocycles. The standard InChI is InChI=1S/C38H33N3O4S3/c1-3-45-37(44)31-27-20-19-23(2)21-30(27)47-35(31)39-33(42)32(25-15-9-5-10-16-25)48-38-40-34-28(22-29(46-34)24-13-7-4-8-14-24)36(43)41(38)26-17-11-6-12-18-26/h4-18,22-23,32H,3,19-21H2,1-2H3,(H,39,42)/t23-,32-/m0/s1.